The largest absolute Gasteiger partial charge is 0.481 e. The molecule has 0 aliphatic carbocycles. The quantitative estimate of drug-likeness (QED) is 0.147. The van der Waals surface area contributed by atoms with E-state index in [9.17, 15) is 4.79 Å². The summed E-state index contributed by atoms with van der Waals surface area (Å²) in [5, 5.41) is 8.56. The van der Waals surface area contributed by atoms with Gasteiger partial charge in [-0.2, -0.15) is 0 Å². The number of rotatable bonds is 20. The topological polar surface area (TPSA) is 37.3 Å². The minimum absolute atomic E-state index is 0. The Labute approximate surface area is 195 Å². The van der Waals surface area contributed by atoms with Crippen molar-refractivity contribution in [3.05, 3.63) is 0 Å². The SMILES string of the molecule is CCCCCCCCCCCCCCCCCCCCCC(=O)O.[Ag].[Mg]. The molecule has 2 nitrogen and oxygen atoms in total. The molecule has 0 aliphatic heterocycles. The third kappa shape index (κ3) is 29.7. The number of unbranched alkanes of at least 4 members (excludes halogenated alkanes) is 18. The second-order valence-corrected chi connectivity index (χ2v) is 7.51. The van der Waals surface area contributed by atoms with Crippen molar-refractivity contribution in [2.75, 3.05) is 0 Å². The first kappa shape index (κ1) is 31.7. The standard InChI is InChI=1S/C22H44O2.Ag.Mg/c1-2-3-4-5-6-7-8-9-10-11-12-13-14-15-16-17-18-19-20-21-22(23)24;;/h2-21H2,1H3,(H,23,24);;. The molecule has 0 unspecified atom stereocenters. The molecule has 0 fully saturated rings. The predicted octanol–water partition coefficient (Wildman–Crippen LogP) is 7.51. The van der Waals surface area contributed by atoms with Crippen LogP contribution in [0.2, 0.25) is 0 Å². The molecule has 0 saturated carbocycles. The number of carboxylic acid groups (broad SMARTS) is 1. The van der Waals surface area contributed by atoms with Crippen LogP contribution in [0.4, 0.5) is 0 Å². The van der Waals surface area contributed by atoms with Crippen LogP contribution in [0.5, 0.6) is 0 Å². The van der Waals surface area contributed by atoms with Crippen LogP contribution in [-0.2, 0) is 27.2 Å². The average Bonchev–Trinajstić information content (AvgIpc) is 2.56. The van der Waals surface area contributed by atoms with E-state index in [4.69, 9.17) is 5.11 Å². The fourth-order valence-electron chi connectivity index (χ4n) is 3.35. The van der Waals surface area contributed by atoms with E-state index in [1.807, 2.05) is 0 Å². The zero-order valence-corrected chi connectivity index (χ0v) is 20.4. The minimum atomic E-state index is -0.651. The summed E-state index contributed by atoms with van der Waals surface area (Å²) in [6.07, 6.45) is 26.1. The second-order valence-electron chi connectivity index (χ2n) is 7.51. The molecule has 4 heteroatoms. The van der Waals surface area contributed by atoms with Gasteiger partial charge in [-0.1, -0.05) is 122 Å². The zero-order chi connectivity index (χ0) is 17.7. The van der Waals surface area contributed by atoms with Crippen LogP contribution in [0.25, 0.3) is 0 Å². The number of hydrogen-bond acceptors (Lipinski definition) is 1. The predicted molar refractivity (Wildman–Crippen MR) is 111 cm³/mol. The summed E-state index contributed by atoms with van der Waals surface area (Å²) in [5.41, 5.74) is 0. The van der Waals surface area contributed by atoms with Gasteiger partial charge in [-0.15, -0.1) is 0 Å². The Bertz CT molecular complexity index is 263. The fraction of sp³-hybridized carbons (Fsp3) is 0.955. The molecule has 0 bridgehead atoms. The molecule has 26 heavy (non-hydrogen) atoms. The van der Waals surface area contributed by atoms with Crippen LogP contribution < -0.4 is 0 Å². The van der Waals surface area contributed by atoms with Crippen LogP contribution >= 0.6 is 0 Å². The fourth-order valence-corrected chi connectivity index (χ4v) is 3.35. The normalized spacial score (nSPS) is 10.2. The summed E-state index contributed by atoms with van der Waals surface area (Å²) in [7, 11) is 0. The van der Waals surface area contributed by atoms with E-state index in [-0.39, 0.29) is 45.4 Å². The molecule has 0 aliphatic rings. The van der Waals surface area contributed by atoms with Gasteiger partial charge in [0.1, 0.15) is 0 Å². The van der Waals surface area contributed by atoms with E-state index in [0.29, 0.717) is 6.42 Å². The van der Waals surface area contributed by atoms with Gasteiger partial charge in [0.15, 0.2) is 0 Å². The van der Waals surface area contributed by atoms with Gasteiger partial charge in [-0.3, -0.25) is 4.79 Å². The van der Waals surface area contributed by atoms with Crippen molar-refractivity contribution in [2.24, 2.45) is 0 Å². The molecule has 0 aromatic rings. The molecule has 0 saturated heterocycles. The van der Waals surface area contributed by atoms with E-state index < -0.39 is 5.97 Å². The number of hydrogen-bond donors (Lipinski definition) is 1. The Hall–Kier alpha value is 0.976. The molecule has 0 aromatic carbocycles. The molecule has 0 spiro atoms. The van der Waals surface area contributed by atoms with Gasteiger partial charge in [-0.25, -0.2) is 0 Å². The molecular formula is C22H44AgMgO2. The van der Waals surface area contributed by atoms with Crippen LogP contribution in [0.15, 0.2) is 0 Å². The maximum atomic E-state index is 10.4. The third-order valence-electron chi connectivity index (χ3n) is 4.99. The Kier molecular flexibility index (Phi) is 34.3. The Morgan fingerprint density at radius 1 is 0.538 bits per heavy atom. The van der Waals surface area contributed by atoms with Gasteiger partial charge >= 0.3 is 5.97 Å². The summed E-state index contributed by atoms with van der Waals surface area (Å²) in [6, 6.07) is 0. The van der Waals surface area contributed by atoms with Gasteiger partial charge in [-0.05, 0) is 6.42 Å². The monoisotopic (exact) mass is 471 g/mol. The molecule has 0 heterocycles. The van der Waals surface area contributed by atoms with Gasteiger partial charge in [0.05, 0.1) is 0 Å². The number of carboxylic acids is 1. The molecule has 3 radical (unpaired) electrons. The number of aliphatic carboxylic acids is 1. The Morgan fingerprint density at radius 2 is 0.769 bits per heavy atom. The summed E-state index contributed by atoms with van der Waals surface area (Å²) < 4.78 is 0. The van der Waals surface area contributed by atoms with Gasteiger partial charge in [0, 0.05) is 51.9 Å². The van der Waals surface area contributed by atoms with Crippen LogP contribution in [0.1, 0.15) is 135 Å². The van der Waals surface area contributed by atoms with Gasteiger partial charge in [0.25, 0.3) is 0 Å². The first-order chi connectivity index (χ1) is 11.8. The average molecular weight is 473 g/mol. The minimum Gasteiger partial charge on any atom is -0.481 e. The van der Waals surface area contributed by atoms with E-state index in [1.165, 1.54) is 109 Å². The third-order valence-corrected chi connectivity index (χ3v) is 4.99. The van der Waals surface area contributed by atoms with Crippen molar-refractivity contribution in [2.45, 2.75) is 135 Å². The smallest absolute Gasteiger partial charge is 0.303 e. The number of carbonyl (C=O) groups is 1. The van der Waals surface area contributed by atoms with Crippen molar-refractivity contribution in [1.29, 1.82) is 0 Å². The van der Waals surface area contributed by atoms with Crippen molar-refractivity contribution in [3.63, 3.8) is 0 Å². The van der Waals surface area contributed by atoms with Crippen LogP contribution in [0.3, 0.4) is 0 Å². The summed E-state index contributed by atoms with van der Waals surface area (Å²) in [6.45, 7) is 2.28. The van der Waals surface area contributed by atoms with Gasteiger partial charge in [0.2, 0.25) is 0 Å². The van der Waals surface area contributed by atoms with E-state index in [2.05, 4.69) is 6.92 Å². The molecule has 0 amide bonds. The maximum absolute atomic E-state index is 10.4. The Morgan fingerprint density at radius 3 is 1.00 bits per heavy atom. The summed E-state index contributed by atoms with van der Waals surface area (Å²) >= 11 is 0. The zero-order valence-electron chi connectivity index (χ0n) is 17.5. The summed E-state index contributed by atoms with van der Waals surface area (Å²) in [4.78, 5) is 10.4. The Balaban J connectivity index is -0.00000264. The van der Waals surface area contributed by atoms with E-state index in [0.717, 1.165) is 12.8 Å². The molecule has 0 atom stereocenters. The molecule has 157 valence electrons. The van der Waals surface area contributed by atoms with Crippen LogP contribution in [0, 0.1) is 0 Å². The molecule has 0 rings (SSSR count). The first-order valence-electron chi connectivity index (χ1n) is 11.0. The van der Waals surface area contributed by atoms with Crippen molar-refractivity contribution in [3.8, 4) is 0 Å². The van der Waals surface area contributed by atoms with Crippen LogP contribution in [-0.4, -0.2) is 34.1 Å². The summed E-state index contributed by atoms with van der Waals surface area (Å²) in [5.74, 6) is -0.651. The molecule has 0 aromatic heterocycles. The second kappa shape index (κ2) is 28.2. The molecule has 1 N–H and O–H groups in total. The van der Waals surface area contributed by atoms with Gasteiger partial charge < -0.3 is 5.11 Å². The first-order valence-corrected chi connectivity index (χ1v) is 11.0. The van der Waals surface area contributed by atoms with Crippen molar-refractivity contribution >= 4 is 29.0 Å². The maximum Gasteiger partial charge on any atom is 0.303 e. The van der Waals surface area contributed by atoms with E-state index in [1.54, 1.807) is 0 Å². The van der Waals surface area contributed by atoms with Crippen molar-refractivity contribution in [1.82, 2.24) is 0 Å². The van der Waals surface area contributed by atoms with Crippen molar-refractivity contribution < 1.29 is 32.3 Å². The molecular weight excluding hydrogens is 428 g/mol. The van der Waals surface area contributed by atoms with E-state index >= 15 is 0 Å².